The van der Waals surface area contributed by atoms with Gasteiger partial charge in [-0.15, -0.1) is 0 Å². The first-order chi connectivity index (χ1) is 12.8. The third-order valence-electron chi connectivity index (χ3n) is 3.85. The van der Waals surface area contributed by atoms with Crippen molar-refractivity contribution >= 4 is 46.3 Å². The Morgan fingerprint density at radius 2 is 2.00 bits per heavy atom. The van der Waals surface area contributed by atoms with Crippen LogP contribution in [-0.4, -0.2) is 32.7 Å². The lowest BCUT2D eigenvalue weighted by Gasteiger charge is -2.12. The van der Waals surface area contributed by atoms with E-state index in [1.165, 1.54) is 17.0 Å². The number of benzene rings is 2. The van der Waals surface area contributed by atoms with E-state index < -0.39 is 17.6 Å². The average molecular weight is 405 g/mol. The molecule has 1 heterocycles. The molecule has 0 aliphatic carbocycles. The summed E-state index contributed by atoms with van der Waals surface area (Å²) in [6, 6.07) is 10.2. The molecule has 2 aromatic rings. The summed E-state index contributed by atoms with van der Waals surface area (Å²) >= 11 is 6.23. The van der Waals surface area contributed by atoms with Gasteiger partial charge in [-0.25, -0.2) is 8.78 Å². The van der Waals surface area contributed by atoms with Crippen molar-refractivity contribution in [2.75, 3.05) is 6.54 Å². The Hall–Kier alpha value is -2.58. The molecule has 0 bridgehead atoms. The number of carboxylic acid groups (broad SMARTS) is 1. The smallest absolute Gasteiger partial charge is 0.305 e. The molecule has 0 atom stereocenters. The second-order valence-electron chi connectivity index (χ2n) is 5.73. The molecule has 138 valence electrons. The second-order valence-corrected chi connectivity index (χ2v) is 7.40. The Kier molecular flexibility index (Phi) is 5.67. The van der Waals surface area contributed by atoms with E-state index in [-0.39, 0.29) is 24.4 Å². The molecule has 0 saturated carbocycles. The minimum Gasteiger partial charge on any atom is -0.481 e. The summed E-state index contributed by atoms with van der Waals surface area (Å²) < 4.78 is 27.4. The van der Waals surface area contributed by atoms with Crippen LogP contribution in [0.5, 0.6) is 0 Å². The first-order valence-electron chi connectivity index (χ1n) is 7.88. The SMILES string of the molecule is O=C(O)CCN1C(=O)C(=Cc2cccc(-c3ccc(F)cc3F)c2)SC1=S. The standard InChI is InChI=1S/C19H13F2NO3S2/c20-13-4-5-14(15(21)10-13)12-3-1-2-11(8-12)9-16-18(25)22(19(26)27-16)7-6-17(23)24/h1-5,8-10H,6-7H2,(H,23,24). The van der Waals surface area contributed by atoms with Crippen LogP contribution in [0, 0.1) is 11.6 Å². The van der Waals surface area contributed by atoms with Crippen LogP contribution in [-0.2, 0) is 9.59 Å². The van der Waals surface area contributed by atoms with Crippen molar-refractivity contribution in [3.05, 3.63) is 64.6 Å². The third kappa shape index (κ3) is 4.40. The summed E-state index contributed by atoms with van der Waals surface area (Å²) in [5, 5.41) is 8.77. The Morgan fingerprint density at radius 3 is 2.70 bits per heavy atom. The van der Waals surface area contributed by atoms with Gasteiger partial charge in [0, 0.05) is 18.2 Å². The van der Waals surface area contributed by atoms with Crippen LogP contribution < -0.4 is 0 Å². The van der Waals surface area contributed by atoms with Crippen LogP contribution in [0.25, 0.3) is 17.2 Å². The van der Waals surface area contributed by atoms with Gasteiger partial charge in [0.25, 0.3) is 5.91 Å². The first kappa shape index (κ1) is 19.2. The lowest BCUT2D eigenvalue weighted by molar-refractivity contribution is -0.137. The highest BCUT2D eigenvalue weighted by Crippen LogP contribution is 2.33. The van der Waals surface area contributed by atoms with Crippen molar-refractivity contribution in [3.8, 4) is 11.1 Å². The van der Waals surface area contributed by atoms with Gasteiger partial charge in [0.2, 0.25) is 0 Å². The molecular weight excluding hydrogens is 392 g/mol. The minimum atomic E-state index is -1.01. The zero-order chi connectivity index (χ0) is 19.6. The molecule has 27 heavy (non-hydrogen) atoms. The summed E-state index contributed by atoms with van der Waals surface area (Å²) in [6.45, 7) is 0.0121. The third-order valence-corrected chi connectivity index (χ3v) is 5.23. The summed E-state index contributed by atoms with van der Waals surface area (Å²) in [5.41, 5.74) is 1.44. The summed E-state index contributed by atoms with van der Waals surface area (Å²) in [5.74, 6) is -2.70. The van der Waals surface area contributed by atoms with Crippen molar-refractivity contribution in [2.24, 2.45) is 0 Å². The van der Waals surface area contributed by atoms with Crippen LogP contribution in [0.2, 0.25) is 0 Å². The number of nitrogens with zero attached hydrogens (tertiary/aromatic N) is 1. The number of carbonyl (C=O) groups excluding carboxylic acids is 1. The predicted molar refractivity (Wildman–Crippen MR) is 104 cm³/mol. The molecule has 1 saturated heterocycles. The van der Waals surface area contributed by atoms with Gasteiger partial charge in [0.05, 0.1) is 11.3 Å². The molecule has 0 radical (unpaired) electrons. The van der Waals surface area contributed by atoms with Gasteiger partial charge in [0.1, 0.15) is 16.0 Å². The van der Waals surface area contributed by atoms with E-state index in [0.717, 1.165) is 17.8 Å². The molecule has 1 amide bonds. The van der Waals surface area contributed by atoms with Crippen molar-refractivity contribution in [1.29, 1.82) is 0 Å². The van der Waals surface area contributed by atoms with Gasteiger partial charge in [0.15, 0.2) is 0 Å². The largest absolute Gasteiger partial charge is 0.481 e. The maximum absolute atomic E-state index is 14.0. The molecule has 3 rings (SSSR count). The highest BCUT2D eigenvalue weighted by atomic mass is 32.2. The maximum Gasteiger partial charge on any atom is 0.305 e. The van der Waals surface area contributed by atoms with Crippen LogP contribution in [0.3, 0.4) is 0 Å². The molecule has 0 aromatic heterocycles. The number of thiocarbonyl (C=S) groups is 1. The molecule has 0 unspecified atom stereocenters. The Morgan fingerprint density at radius 1 is 1.22 bits per heavy atom. The predicted octanol–water partition coefficient (Wildman–Crippen LogP) is 4.31. The molecule has 4 nitrogen and oxygen atoms in total. The van der Waals surface area contributed by atoms with E-state index in [0.29, 0.717) is 20.4 Å². The maximum atomic E-state index is 14.0. The molecule has 0 spiro atoms. The molecule has 2 aromatic carbocycles. The normalized spacial score (nSPS) is 15.6. The zero-order valence-corrected chi connectivity index (χ0v) is 15.4. The van der Waals surface area contributed by atoms with Crippen molar-refractivity contribution in [2.45, 2.75) is 6.42 Å². The van der Waals surface area contributed by atoms with E-state index in [4.69, 9.17) is 17.3 Å². The number of thioether (sulfide) groups is 1. The number of rotatable bonds is 5. The van der Waals surface area contributed by atoms with E-state index in [2.05, 4.69) is 0 Å². The Balaban J connectivity index is 1.86. The van der Waals surface area contributed by atoms with E-state index in [1.54, 1.807) is 30.3 Å². The molecule has 1 aliphatic rings. The van der Waals surface area contributed by atoms with Gasteiger partial charge in [-0.05, 0) is 35.4 Å². The van der Waals surface area contributed by atoms with Crippen LogP contribution in [0.15, 0.2) is 47.4 Å². The average Bonchev–Trinajstić information content (AvgIpc) is 2.86. The number of hydrogen-bond acceptors (Lipinski definition) is 4. The topological polar surface area (TPSA) is 57.6 Å². The first-order valence-corrected chi connectivity index (χ1v) is 9.10. The molecule has 1 N–H and O–H groups in total. The van der Waals surface area contributed by atoms with Gasteiger partial charge >= 0.3 is 5.97 Å². The fraction of sp³-hybridized carbons (Fsp3) is 0.105. The van der Waals surface area contributed by atoms with Crippen molar-refractivity contribution in [1.82, 2.24) is 4.90 Å². The molecule has 1 aliphatic heterocycles. The van der Waals surface area contributed by atoms with E-state index in [1.807, 2.05) is 0 Å². The summed E-state index contributed by atoms with van der Waals surface area (Å²) in [6.07, 6.45) is 1.42. The van der Waals surface area contributed by atoms with Gasteiger partial charge < -0.3 is 5.11 Å². The van der Waals surface area contributed by atoms with Crippen LogP contribution in [0.1, 0.15) is 12.0 Å². The van der Waals surface area contributed by atoms with Crippen molar-refractivity contribution in [3.63, 3.8) is 0 Å². The Labute approximate surface area is 163 Å². The number of amides is 1. The van der Waals surface area contributed by atoms with Crippen LogP contribution in [0.4, 0.5) is 8.78 Å². The lowest BCUT2D eigenvalue weighted by atomic mass is 10.0. The lowest BCUT2D eigenvalue weighted by Crippen LogP contribution is -2.30. The zero-order valence-electron chi connectivity index (χ0n) is 13.8. The highest BCUT2D eigenvalue weighted by Gasteiger charge is 2.32. The van der Waals surface area contributed by atoms with Gasteiger partial charge in [-0.2, -0.15) is 0 Å². The van der Waals surface area contributed by atoms with E-state index >= 15 is 0 Å². The van der Waals surface area contributed by atoms with E-state index in [9.17, 15) is 18.4 Å². The van der Waals surface area contributed by atoms with Gasteiger partial charge in [-0.1, -0.05) is 42.2 Å². The number of carbonyl (C=O) groups is 2. The number of hydrogen-bond donors (Lipinski definition) is 1. The highest BCUT2D eigenvalue weighted by molar-refractivity contribution is 8.26. The number of aliphatic carboxylic acids is 1. The monoisotopic (exact) mass is 405 g/mol. The van der Waals surface area contributed by atoms with Crippen molar-refractivity contribution < 1.29 is 23.5 Å². The minimum absolute atomic E-state index is 0.0121. The number of carboxylic acids is 1. The molecule has 1 fully saturated rings. The summed E-state index contributed by atoms with van der Waals surface area (Å²) in [4.78, 5) is 24.8. The molecule has 8 heteroatoms. The quantitative estimate of drug-likeness (QED) is 0.594. The fourth-order valence-electron chi connectivity index (χ4n) is 2.57. The summed E-state index contributed by atoms with van der Waals surface area (Å²) in [7, 11) is 0. The number of halogens is 2. The molecular formula is C19H13F2NO3S2. The second kappa shape index (κ2) is 7.98. The fourth-order valence-corrected chi connectivity index (χ4v) is 3.88. The van der Waals surface area contributed by atoms with Gasteiger partial charge in [-0.3, -0.25) is 14.5 Å². The van der Waals surface area contributed by atoms with Crippen LogP contribution >= 0.6 is 24.0 Å². The Bertz CT molecular complexity index is 975.